The minimum atomic E-state index is -2.89. The summed E-state index contributed by atoms with van der Waals surface area (Å²) < 4.78 is 23.0. The van der Waals surface area contributed by atoms with Crippen LogP contribution in [0.15, 0.2) is 54.6 Å². The summed E-state index contributed by atoms with van der Waals surface area (Å²) in [7, 11) is -2.89. The molecule has 2 rings (SSSR count). The average molecular weight is 346 g/mol. The molecule has 0 aliphatic rings. The average Bonchev–Trinajstić information content (AvgIpc) is 2.61. The summed E-state index contributed by atoms with van der Waals surface area (Å²) in [6.45, 7) is 4.55. The van der Waals surface area contributed by atoms with Crippen LogP contribution in [0.3, 0.4) is 0 Å². The van der Waals surface area contributed by atoms with Crippen molar-refractivity contribution < 1.29 is 13.6 Å². The Morgan fingerprint density at radius 3 is 1.96 bits per heavy atom. The molecule has 0 radical (unpaired) electrons. The van der Waals surface area contributed by atoms with Crippen molar-refractivity contribution in [1.29, 1.82) is 0 Å². The molecule has 0 aromatic heterocycles. The lowest BCUT2D eigenvalue weighted by atomic mass is 10.0. The molecule has 0 fully saturated rings. The van der Waals surface area contributed by atoms with Crippen molar-refractivity contribution in [3.05, 3.63) is 60.2 Å². The summed E-state index contributed by atoms with van der Waals surface area (Å²) in [6.07, 6.45) is 3.30. The Balaban J connectivity index is 1.81. The van der Waals surface area contributed by atoms with E-state index in [1.807, 2.05) is 19.9 Å². The van der Waals surface area contributed by atoms with Crippen LogP contribution < -0.4 is 0 Å². The van der Waals surface area contributed by atoms with E-state index in [0.717, 1.165) is 19.3 Å². The van der Waals surface area contributed by atoms with Crippen LogP contribution in [0.2, 0.25) is 0 Å². The predicted molar refractivity (Wildman–Crippen MR) is 101 cm³/mol. The molecule has 0 saturated carbocycles. The summed E-state index contributed by atoms with van der Waals surface area (Å²) in [6, 6.07) is 19.0. The van der Waals surface area contributed by atoms with Gasteiger partial charge >= 0.3 is 7.60 Å². The fraction of sp³-hybridized carbons (Fsp3) is 0.400. The summed E-state index contributed by atoms with van der Waals surface area (Å²) in [4.78, 5) is 0. The molecular formula is C20H27O3P. The van der Waals surface area contributed by atoms with Crippen LogP contribution in [-0.4, -0.2) is 19.4 Å². The lowest BCUT2D eigenvalue weighted by Gasteiger charge is -2.16. The molecule has 24 heavy (non-hydrogen) atoms. The normalized spacial score (nSPS) is 11.6. The van der Waals surface area contributed by atoms with E-state index in [9.17, 15) is 4.57 Å². The number of aryl methyl sites for hydroxylation is 1. The van der Waals surface area contributed by atoms with E-state index in [2.05, 4.69) is 48.5 Å². The van der Waals surface area contributed by atoms with Gasteiger partial charge in [0.15, 0.2) is 0 Å². The maximum atomic E-state index is 12.4. The quantitative estimate of drug-likeness (QED) is 0.394. The fourth-order valence-electron chi connectivity index (χ4n) is 2.69. The first-order valence-electron chi connectivity index (χ1n) is 8.69. The second-order valence-corrected chi connectivity index (χ2v) is 7.88. The first kappa shape index (κ1) is 18.9. The molecule has 0 aliphatic carbocycles. The molecule has 0 amide bonds. The van der Waals surface area contributed by atoms with Gasteiger partial charge < -0.3 is 9.05 Å². The van der Waals surface area contributed by atoms with Gasteiger partial charge in [0, 0.05) is 0 Å². The van der Waals surface area contributed by atoms with Crippen molar-refractivity contribution in [2.45, 2.75) is 33.1 Å². The Morgan fingerprint density at radius 2 is 1.38 bits per heavy atom. The third kappa shape index (κ3) is 5.90. The zero-order chi connectivity index (χ0) is 17.3. The Labute approximate surface area is 145 Å². The van der Waals surface area contributed by atoms with Crippen LogP contribution in [0, 0.1) is 0 Å². The Morgan fingerprint density at radius 1 is 0.792 bits per heavy atom. The van der Waals surface area contributed by atoms with Gasteiger partial charge in [-0.1, -0.05) is 54.6 Å². The largest absolute Gasteiger partial charge is 0.330 e. The van der Waals surface area contributed by atoms with Gasteiger partial charge in [-0.15, -0.1) is 0 Å². The van der Waals surface area contributed by atoms with Gasteiger partial charge in [-0.2, -0.15) is 0 Å². The number of benzene rings is 2. The molecule has 0 aliphatic heterocycles. The number of hydrogen-bond acceptors (Lipinski definition) is 3. The van der Waals surface area contributed by atoms with Crippen LogP contribution in [-0.2, 0) is 20.0 Å². The number of rotatable bonds is 10. The van der Waals surface area contributed by atoms with Gasteiger partial charge in [-0.05, 0) is 49.8 Å². The van der Waals surface area contributed by atoms with E-state index in [0.29, 0.717) is 19.4 Å². The summed E-state index contributed by atoms with van der Waals surface area (Å²) in [5.74, 6) is 0. The van der Waals surface area contributed by atoms with Crippen molar-refractivity contribution in [3.63, 3.8) is 0 Å². The second kappa shape index (κ2) is 9.78. The third-order valence-corrected chi connectivity index (χ3v) is 6.03. The van der Waals surface area contributed by atoms with E-state index >= 15 is 0 Å². The Kier molecular flexibility index (Phi) is 7.71. The van der Waals surface area contributed by atoms with E-state index in [4.69, 9.17) is 9.05 Å². The maximum absolute atomic E-state index is 12.4. The summed E-state index contributed by atoms with van der Waals surface area (Å²) in [5.41, 5.74) is 3.77. The molecule has 130 valence electrons. The Bertz CT molecular complexity index is 628. The molecule has 2 aromatic carbocycles. The molecule has 0 unspecified atom stereocenters. The van der Waals surface area contributed by atoms with Crippen LogP contribution in [0.4, 0.5) is 0 Å². The van der Waals surface area contributed by atoms with Crippen molar-refractivity contribution in [3.8, 4) is 11.1 Å². The Hall–Kier alpha value is -1.41. The monoisotopic (exact) mass is 346 g/mol. The minimum absolute atomic E-state index is 0.429. The minimum Gasteiger partial charge on any atom is -0.309 e. The fourth-order valence-corrected chi connectivity index (χ4v) is 4.42. The van der Waals surface area contributed by atoms with E-state index < -0.39 is 7.60 Å². The predicted octanol–water partition coefficient (Wildman–Crippen LogP) is 5.94. The highest BCUT2D eigenvalue weighted by atomic mass is 31.2. The van der Waals surface area contributed by atoms with E-state index in [1.165, 1.54) is 16.7 Å². The van der Waals surface area contributed by atoms with Crippen molar-refractivity contribution in [1.82, 2.24) is 0 Å². The molecule has 3 nitrogen and oxygen atoms in total. The molecule has 0 spiro atoms. The van der Waals surface area contributed by atoms with Gasteiger partial charge in [-0.25, -0.2) is 0 Å². The zero-order valence-electron chi connectivity index (χ0n) is 14.6. The lowest BCUT2D eigenvalue weighted by molar-refractivity contribution is 0.219. The molecule has 0 heterocycles. The first-order chi connectivity index (χ1) is 11.7. The molecule has 4 heteroatoms. The van der Waals surface area contributed by atoms with Gasteiger partial charge in [0.2, 0.25) is 0 Å². The SMILES string of the molecule is CCOP(=O)(CCCCc1ccc(-c2ccccc2)cc1)OCC. The van der Waals surface area contributed by atoms with Gasteiger partial charge in [0.1, 0.15) is 0 Å². The highest BCUT2D eigenvalue weighted by Crippen LogP contribution is 2.48. The molecule has 0 atom stereocenters. The third-order valence-electron chi connectivity index (χ3n) is 3.86. The van der Waals surface area contributed by atoms with Crippen LogP contribution in [0.25, 0.3) is 11.1 Å². The maximum Gasteiger partial charge on any atom is 0.330 e. The van der Waals surface area contributed by atoms with E-state index in [1.54, 1.807) is 0 Å². The van der Waals surface area contributed by atoms with Gasteiger partial charge in [0.25, 0.3) is 0 Å². The first-order valence-corrected chi connectivity index (χ1v) is 10.4. The van der Waals surface area contributed by atoms with Crippen LogP contribution in [0.1, 0.15) is 32.3 Å². The number of unbranched alkanes of at least 4 members (excludes halogenated alkanes) is 1. The molecule has 0 N–H and O–H groups in total. The highest BCUT2D eigenvalue weighted by Gasteiger charge is 2.22. The van der Waals surface area contributed by atoms with E-state index in [-0.39, 0.29) is 0 Å². The lowest BCUT2D eigenvalue weighted by Crippen LogP contribution is -2.00. The number of hydrogen-bond donors (Lipinski definition) is 0. The van der Waals surface area contributed by atoms with Crippen molar-refractivity contribution >= 4 is 7.60 Å². The molecule has 0 bridgehead atoms. The van der Waals surface area contributed by atoms with Crippen LogP contribution in [0.5, 0.6) is 0 Å². The second-order valence-electron chi connectivity index (χ2n) is 5.69. The van der Waals surface area contributed by atoms with Crippen molar-refractivity contribution in [2.75, 3.05) is 19.4 Å². The summed E-state index contributed by atoms with van der Waals surface area (Å²) >= 11 is 0. The zero-order valence-corrected chi connectivity index (χ0v) is 15.5. The van der Waals surface area contributed by atoms with Gasteiger partial charge in [-0.3, -0.25) is 4.57 Å². The van der Waals surface area contributed by atoms with Crippen molar-refractivity contribution in [2.24, 2.45) is 0 Å². The van der Waals surface area contributed by atoms with Crippen LogP contribution >= 0.6 is 7.60 Å². The van der Waals surface area contributed by atoms with Gasteiger partial charge in [0.05, 0.1) is 19.4 Å². The standard InChI is InChI=1S/C20H27O3P/c1-3-22-24(21,23-4-2)17-9-8-10-18-13-15-20(16-14-18)19-11-6-5-7-12-19/h5-7,11-16H,3-4,8-10,17H2,1-2H3. The molecule has 0 saturated heterocycles. The highest BCUT2D eigenvalue weighted by molar-refractivity contribution is 7.53. The molecule has 2 aromatic rings. The molecular weight excluding hydrogens is 319 g/mol. The smallest absolute Gasteiger partial charge is 0.309 e. The topological polar surface area (TPSA) is 35.5 Å². The summed E-state index contributed by atoms with van der Waals surface area (Å²) in [5, 5.41) is 0.